The van der Waals surface area contributed by atoms with Gasteiger partial charge in [-0.2, -0.15) is 4.98 Å². The summed E-state index contributed by atoms with van der Waals surface area (Å²) in [7, 11) is 0. The second kappa shape index (κ2) is 5.49. The lowest BCUT2D eigenvalue weighted by atomic mass is 9.79. The molecule has 0 unspecified atom stereocenters. The molecule has 0 bridgehead atoms. The van der Waals surface area contributed by atoms with Crippen molar-refractivity contribution in [3.05, 3.63) is 5.89 Å². The SMILES string of the molecule is CC(C)(C)c1nc(N2CCC[C@@H]2[C@H]2COCC[C@]2(C)O)no1. The van der Waals surface area contributed by atoms with E-state index in [9.17, 15) is 5.11 Å². The first-order valence-corrected chi connectivity index (χ1v) is 8.20. The van der Waals surface area contributed by atoms with Crippen molar-refractivity contribution in [3.63, 3.8) is 0 Å². The van der Waals surface area contributed by atoms with E-state index < -0.39 is 5.60 Å². The van der Waals surface area contributed by atoms with Gasteiger partial charge in [0.05, 0.1) is 12.2 Å². The Hall–Kier alpha value is -1.14. The minimum Gasteiger partial charge on any atom is -0.390 e. The van der Waals surface area contributed by atoms with Crippen molar-refractivity contribution in [2.45, 2.75) is 64.0 Å². The summed E-state index contributed by atoms with van der Waals surface area (Å²) in [5.41, 5.74) is -0.845. The normalized spacial score (nSPS) is 33.4. The van der Waals surface area contributed by atoms with Crippen molar-refractivity contribution < 1.29 is 14.4 Å². The summed E-state index contributed by atoms with van der Waals surface area (Å²) >= 11 is 0. The first kappa shape index (κ1) is 15.7. The number of hydrogen-bond donors (Lipinski definition) is 1. The fraction of sp³-hybridized carbons (Fsp3) is 0.875. The maximum atomic E-state index is 10.7. The van der Waals surface area contributed by atoms with Crippen LogP contribution in [0.2, 0.25) is 0 Å². The second-order valence-corrected chi connectivity index (χ2v) is 7.84. The van der Waals surface area contributed by atoms with Crippen LogP contribution in [0.3, 0.4) is 0 Å². The smallest absolute Gasteiger partial charge is 0.266 e. The molecule has 2 aliphatic heterocycles. The lowest BCUT2D eigenvalue weighted by Crippen LogP contribution is -2.52. The van der Waals surface area contributed by atoms with Gasteiger partial charge in [0.1, 0.15) is 0 Å². The number of hydrogen-bond acceptors (Lipinski definition) is 6. The number of nitrogens with zero attached hydrogens (tertiary/aromatic N) is 3. The monoisotopic (exact) mass is 309 g/mol. The predicted molar refractivity (Wildman–Crippen MR) is 82.9 cm³/mol. The Morgan fingerprint density at radius 1 is 1.36 bits per heavy atom. The lowest BCUT2D eigenvalue weighted by Gasteiger charge is -2.42. The molecule has 1 aromatic rings. The van der Waals surface area contributed by atoms with Crippen LogP contribution < -0.4 is 4.90 Å². The van der Waals surface area contributed by atoms with Crippen LogP contribution in [0.5, 0.6) is 0 Å². The molecule has 2 fully saturated rings. The number of ether oxygens (including phenoxy) is 1. The van der Waals surface area contributed by atoms with E-state index >= 15 is 0 Å². The average molecular weight is 309 g/mol. The summed E-state index contributed by atoms with van der Waals surface area (Å²) in [6.07, 6.45) is 2.79. The molecule has 0 saturated carbocycles. The highest BCUT2D eigenvalue weighted by Crippen LogP contribution is 2.37. The van der Waals surface area contributed by atoms with Crippen LogP contribution in [0, 0.1) is 5.92 Å². The van der Waals surface area contributed by atoms with E-state index in [1.54, 1.807) is 0 Å². The van der Waals surface area contributed by atoms with Gasteiger partial charge in [0.2, 0.25) is 5.89 Å². The highest BCUT2D eigenvalue weighted by molar-refractivity contribution is 5.33. The van der Waals surface area contributed by atoms with Crippen molar-refractivity contribution in [1.82, 2.24) is 10.1 Å². The van der Waals surface area contributed by atoms with E-state index in [1.807, 2.05) is 6.92 Å². The third-order valence-electron chi connectivity index (χ3n) is 4.93. The van der Waals surface area contributed by atoms with Crippen LogP contribution in [-0.4, -0.2) is 46.6 Å². The molecule has 1 aromatic heterocycles. The Kier molecular flexibility index (Phi) is 3.93. The summed E-state index contributed by atoms with van der Waals surface area (Å²) in [6, 6.07) is 0.209. The Morgan fingerprint density at radius 2 is 2.14 bits per heavy atom. The van der Waals surface area contributed by atoms with Gasteiger partial charge < -0.3 is 19.3 Å². The third kappa shape index (κ3) is 2.86. The van der Waals surface area contributed by atoms with Crippen LogP contribution in [0.15, 0.2) is 4.52 Å². The highest BCUT2D eigenvalue weighted by Gasteiger charge is 2.45. The van der Waals surface area contributed by atoms with E-state index in [2.05, 4.69) is 35.8 Å². The molecule has 2 saturated heterocycles. The zero-order chi connectivity index (χ0) is 16.0. The van der Waals surface area contributed by atoms with Gasteiger partial charge in [0.15, 0.2) is 0 Å². The van der Waals surface area contributed by atoms with Crippen molar-refractivity contribution in [1.29, 1.82) is 0 Å². The first-order chi connectivity index (χ1) is 10.3. The quantitative estimate of drug-likeness (QED) is 0.902. The Morgan fingerprint density at radius 3 is 2.77 bits per heavy atom. The van der Waals surface area contributed by atoms with Crippen molar-refractivity contribution in [2.75, 3.05) is 24.7 Å². The molecule has 6 heteroatoms. The predicted octanol–water partition coefficient (Wildman–Crippen LogP) is 2.12. The van der Waals surface area contributed by atoms with Crippen LogP contribution in [0.25, 0.3) is 0 Å². The molecule has 1 N–H and O–H groups in total. The molecule has 0 radical (unpaired) electrons. The van der Waals surface area contributed by atoms with E-state index in [0.717, 1.165) is 19.4 Å². The molecule has 3 rings (SSSR count). The maximum Gasteiger partial charge on any atom is 0.266 e. The lowest BCUT2D eigenvalue weighted by molar-refractivity contribution is -0.108. The standard InChI is InChI=1S/C16H27N3O3/c1-15(2,3)13-17-14(18-22-13)19-8-5-6-12(19)11-10-21-9-7-16(11,4)20/h11-12,20H,5-10H2,1-4H3/t11-,12-,16+/m1/s1. The van der Waals surface area contributed by atoms with Crippen LogP contribution >= 0.6 is 0 Å². The van der Waals surface area contributed by atoms with E-state index in [0.29, 0.717) is 31.5 Å². The topological polar surface area (TPSA) is 71.6 Å². The van der Waals surface area contributed by atoms with Crippen molar-refractivity contribution in [3.8, 4) is 0 Å². The van der Waals surface area contributed by atoms with Gasteiger partial charge in [0.25, 0.3) is 5.95 Å². The highest BCUT2D eigenvalue weighted by atomic mass is 16.5. The van der Waals surface area contributed by atoms with E-state index in [-0.39, 0.29) is 17.4 Å². The van der Waals surface area contributed by atoms with Gasteiger partial charge in [-0.15, -0.1) is 0 Å². The largest absolute Gasteiger partial charge is 0.390 e. The summed E-state index contributed by atoms with van der Waals surface area (Å²) in [6.45, 7) is 10.2. The molecular formula is C16H27N3O3. The molecule has 0 spiro atoms. The third-order valence-corrected chi connectivity index (χ3v) is 4.93. The second-order valence-electron chi connectivity index (χ2n) is 7.84. The number of rotatable bonds is 2. The Labute approximate surface area is 131 Å². The van der Waals surface area contributed by atoms with Gasteiger partial charge in [0, 0.05) is 30.5 Å². The van der Waals surface area contributed by atoms with Gasteiger partial charge >= 0.3 is 0 Å². The fourth-order valence-corrected chi connectivity index (χ4v) is 3.48. The molecule has 3 atom stereocenters. The molecule has 3 heterocycles. The summed E-state index contributed by atoms with van der Waals surface area (Å²) < 4.78 is 11.1. The van der Waals surface area contributed by atoms with Gasteiger partial charge in [-0.05, 0) is 31.3 Å². The summed E-state index contributed by atoms with van der Waals surface area (Å²) in [4.78, 5) is 6.77. The minimum absolute atomic E-state index is 0.0836. The molecule has 6 nitrogen and oxygen atoms in total. The first-order valence-electron chi connectivity index (χ1n) is 8.20. The van der Waals surface area contributed by atoms with Gasteiger partial charge in [-0.3, -0.25) is 0 Å². The van der Waals surface area contributed by atoms with Gasteiger partial charge in [-0.25, -0.2) is 0 Å². The van der Waals surface area contributed by atoms with E-state index in [1.165, 1.54) is 0 Å². The van der Waals surface area contributed by atoms with Crippen molar-refractivity contribution in [2.24, 2.45) is 5.92 Å². The van der Waals surface area contributed by atoms with Crippen LogP contribution in [-0.2, 0) is 10.2 Å². The molecule has 22 heavy (non-hydrogen) atoms. The van der Waals surface area contributed by atoms with Crippen LogP contribution in [0.4, 0.5) is 5.95 Å². The Balaban J connectivity index is 1.82. The molecule has 124 valence electrons. The van der Waals surface area contributed by atoms with E-state index in [4.69, 9.17) is 9.26 Å². The number of aromatic nitrogens is 2. The molecule has 2 aliphatic rings. The molecular weight excluding hydrogens is 282 g/mol. The number of anilines is 1. The maximum absolute atomic E-state index is 10.7. The molecule has 0 amide bonds. The van der Waals surface area contributed by atoms with Gasteiger partial charge in [-0.1, -0.05) is 20.8 Å². The van der Waals surface area contributed by atoms with Crippen LogP contribution in [0.1, 0.15) is 52.8 Å². The number of aliphatic hydroxyl groups is 1. The zero-order valence-electron chi connectivity index (χ0n) is 14.0. The fourth-order valence-electron chi connectivity index (χ4n) is 3.48. The Bertz CT molecular complexity index is 521. The summed E-state index contributed by atoms with van der Waals surface area (Å²) in [5, 5.41) is 14.9. The average Bonchev–Trinajstić information content (AvgIpc) is 3.05. The molecule has 0 aromatic carbocycles. The summed E-state index contributed by atoms with van der Waals surface area (Å²) in [5.74, 6) is 1.38. The molecule has 0 aliphatic carbocycles. The van der Waals surface area contributed by atoms with Crippen molar-refractivity contribution >= 4 is 5.95 Å². The zero-order valence-corrected chi connectivity index (χ0v) is 14.0. The minimum atomic E-state index is -0.692.